The van der Waals surface area contributed by atoms with Gasteiger partial charge in [-0.2, -0.15) is 0 Å². The molecule has 16 heavy (non-hydrogen) atoms. The summed E-state index contributed by atoms with van der Waals surface area (Å²) < 4.78 is 5.18. The second kappa shape index (κ2) is 4.39. The smallest absolute Gasteiger partial charge is 0.414 e. The number of cyclic esters (lactones) is 1. The van der Waals surface area contributed by atoms with E-state index in [1.807, 2.05) is 44.2 Å². The van der Waals surface area contributed by atoms with Crippen LogP contribution in [-0.4, -0.2) is 19.2 Å². The van der Waals surface area contributed by atoms with E-state index in [-0.39, 0.29) is 6.09 Å². The first-order valence-corrected chi connectivity index (χ1v) is 5.33. The topological polar surface area (TPSA) is 29.5 Å². The zero-order chi connectivity index (χ0) is 11.5. The minimum absolute atomic E-state index is 0.276. The molecule has 0 aromatic heterocycles. The Morgan fingerprint density at radius 1 is 1.12 bits per heavy atom. The molecule has 0 saturated carbocycles. The lowest BCUT2D eigenvalue weighted by molar-refractivity contribution is 0.166. The summed E-state index contributed by atoms with van der Waals surface area (Å²) in [5.41, 5.74) is 3.20. The van der Waals surface area contributed by atoms with Crippen molar-refractivity contribution in [1.82, 2.24) is 0 Å². The van der Waals surface area contributed by atoms with Gasteiger partial charge in [0, 0.05) is 5.69 Å². The van der Waals surface area contributed by atoms with E-state index in [0.29, 0.717) is 13.2 Å². The van der Waals surface area contributed by atoms with Gasteiger partial charge in [-0.25, -0.2) is 4.79 Å². The van der Waals surface area contributed by atoms with Crippen molar-refractivity contribution >= 4 is 11.8 Å². The van der Waals surface area contributed by atoms with Gasteiger partial charge in [-0.05, 0) is 31.6 Å². The van der Waals surface area contributed by atoms with Crippen LogP contribution in [0.4, 0.5) is 10.5 Å². The molecule has 84 valence electrons. The number of rotatable bonds is 1. The summed E-state index contributed by atoms with van der Waals surface area (Å²) in [5, 5.41) is 0. The number of carbonyl (C=O) groups is 1. The number of hydrogen-bond acceptors (Lipinski definition) is 2. The predicted octanol–water partition coefficient (Wildman–Crippen LogP) is 2.98. The number of carbonyl (C=O) groups excluding carboxylic acids is 1. The van der Waals surface area contributed by atoms with Crippen molar-refractivity contribution in [3.63, 3.8) is 0 Å². The van der Waals surface area contributed by atoms with Crippen LogP contribution in [0.25, 0.3) is 0 Å². The molecular weight excluding hydrogens is 202 g/mol. The van der Waals surface area contributed by atoms with Gasteiger partial charge in [0.2, 0.25) is 0 Å². The van der Waals surface area contributed by atoms with Crippen molar-refractivity contribution < 1.29 is 9.53 Å². The average Bonchev–Trinajstić information content (AvgIpc) is 2.44. The normalized spacial score (nSPS) is 17.1. The quantitative estimate of drug-likeness (QED) is 0.677. The Bertz CT molecular complexity index is 423. The summed E-state index contributed by atoms with van der Waals surface area (Å²) >= 11 is 0. The Morgan fingerprint density at radius 2 is 1.81 bits per heavy atom. The summed E-state index contributed by atoms with van der Waals surface area (Å²) in [6.45, 7) is 5.03. The third kappa shape index (κ3) is 2.08. The van der Waals surface area contributed by atoms with Gasteiger partial charge in [0.1, 0.15) is 6.61 Å². The first-order chi connectivity index (χ1) is 7.68. The highest BCUT2D eigenvalue weighted by atomic mass is 16.6. The first kappa shape index (κ1) is 10.7. The van der Waals surface area contributed by atoms with Crippen LogP contribution in [0.2, 0.25) is 0 Å². The molecule has 1 aromatic carbocycles. The van der Waals surface area contributed by atoms with Crippen molar-refractivity contribution in [3.8, 4) is 0 Å². The molecule has 0 N–H and O–H groups in total. The molecule has 0 fully saturated rings. The fourth-order valence-corrected chi connectivity index (χ4v) is 1.61. The maximum Gasteiger partial charge on any atom is 0.414 e. The van der Waals surface area contributed by atoms with Gasteiger partial charge >= 0.3 is 6.09 Å². The Morgan fingerprint density at radius 3 is 2.50 bits per heavy atom. The number of nitrogens with zero attached hydrogens (tertiary/aromatic N) is 1. The lowest BCUT2D eigenvalue weighted by Crippen LogP contribution is -2.31. The van der Waals surface area contributed by atoms with Gasteiger partial charge in [0.05, 0.1) is 6.54 Å². The van der Waals surface area contributed by atoms with Crippen LogP contribution in [-0.2, 0) is 4.74 Å². The molecule has 1 amide bonds. The molecule has 2 rings (SSSR count). The summed E-state index contributed by atoms with van der Waals surface area (Å²) in [5.74, 6) is 0. The number of ether oxygens (including phenoxy) is 1. The second-order valence-electron chi connectivity index (χ2n) is 4.04. The van der Waals surface area contributed by atoms with Crippen molar-refractivity contribution in [1.29, 1.82) is 0 Å². The minimum atomic E-state index is -0.276. The van der Waals surface area contributed by atoms with Crippen molar-refractivity contribution in [2.45, 2.75) is 13.8 Å². The van der Waals surface area contributed by atoms with Crippen LogP contribution in [0.3, 0.4) is 0 Å². The van der Waals surface area contributed by atoms with Gasteiger partial charge in [-0.1, -0.05) is 23.8 Å². The standard InChI is InChI=1S/C13H15NO2/c1-10-8-14(12-6-4-3-5-7-12)13(15)16-9-11(10)2/h3-7H,8-9H2,1-2H3. The molecular formula is C13H15NO2. The zero-order valence-electron chi connectivity index (χ0n) is 9.56. The molecule has 0 saturated heterocycles. The fourth-order valence-electron chi connectivity index (χ4n) is 1.61. The molecule has 0 unspecified atom stereocenters. The maximum absolute atomic E-state index is 11.8. The zero-order valence-corrected chi connectivity index (χ0v) is 9.56. The van der Waals surface area contributed by atoms with Crippen LogP contribution in [0.1, 0.15) is 13.8 Å². The molecule has 0 atom stereocenters. The van der Waals surface area contributed by atoms with Gasteiger partial charge in [-0.3, -0.25) is 4.90 Å². The molecule has 3 nitrogen and oxygen atoms in total. The van der Waals surface area contributed by atoms with E-state index in [1.54, 1.807) is 4.90 Å². The van der Waals surface area contributed by atoms with Gasteiger partial charge in [0.15, 0.2) is 0 Å². The molecule has 1 aromatic rings. The van der Waals surface area contributed by atoms with E-state index in [2.05, 4.69) is 0 Å². The molecule has 3 heteroatoms. The molecule has 0 radical (unpaired) electrons. The Kier molecular flexibility index (Phi) is 2.95. The molecule has 1 heterocycles. The van der Waals surface area contributed by atoms with Crippen LogP contribution in [0.15, 0.2) is 41.5 Å². The Labute approximate surface area is 95.3 Å². The number of benzene rings is 1. The number of para-hydroxylation sites is 1. The Balaban J connectivity index is 2.30. The number of hydrogen-bond donors (Lipinski definition) is 0. The van der Waals surface area contributed by atoms with E-state index in [4.69, 9.17) is 4.74 Å². The highest BCUT2D eigenvalue weighted by molar-refractivity contribution is 5.88. The molecule has 0 aliphatic carbocycles. The van der Waals surface area contributed by atoms with E-state index in [0.717, 1.165) is 11.3 Å². The molecule has 1 aliphatic rings. The summed E-state index contributed by atoms with van der Waals surface area (Å²) in [7, 11) is 0. The minimum Gasteiger partial charge on any atom is -0.445 e. The van der Waals surface area contributed by atoms with Crippen LogP contribution >= 0.6 is 0 Å². The highest BCUT2D eigenvalue weighted by Crippen LogP contribution is 2.20. The predicted molar refractivity (Wildman–Crippen MR) is 63.5 cm³/mol. The van der Waals surface area contributed by atoms with Crippen molar-refractivity contribution in [2.24, 2.45) is 0 Å². The van der Waals surface area contributed by atoms with Crippen LogP contribution < -0.4 is 4.90 Å². The first-order valence-electron chi connectivity index (χ1n) is 5.33. The molecule has 0 bridgehead atoms. The van der Waals surface area contributed by atoms with E-state index < -0.39 is 0 Å². The molecule has 1 aliphatic heterocycles. The lowest BCUT2D eigenvalue weighted by atomic mass is 10.1. The summed E-state index contributed by atoms with van der Waals surface area (Å²) in [6.07, 6.45) is -0.276. The van der Waals surface area contributed by atoms with E-state index >= 15 is 0 Å². The second-order valence-corrected chi connectivity index (χ2v) is 4.04. The SMILES string of the molecule is CC1=C(C)CN(c2ccccc2)C(=O)OC1. The van der Waals surface area contributed by atoms with Crippen molar-refractivity contribution in [2.75, 3.05) is 18.1 Å². The van der Waals surface area contributed by atoms with Gasteiger partial charge in [0.25, 0.3) is 0 Å². The van der Waals surface area contributed by atoms with Crippen molar-refractivity contribution in [3.05, 3.63) is 41.5 Å². The summed E-state index contributed by atoms with van der Waals surface area (Å²) in [6, 6.07) is 9.59. The third-order valence-electron chi connectivity index (χ3n) is 2.82. The Hall–Kier alpha value is -1.77. The average molecular weight is 217 g/mol. The van der Waals surface area contributed by atoms with E-state index in [9.17, 15) is 4.79 Å². The maximum atomic E-state index is 11.8. The monoisotopic (exact) mass is 217 g/mol. The van der Waals surface area contributed by atoms with E-state index in [1.165, 1.54) is 5.57 Å². The van der Waals surface area contributed by atoms with Crippen LogP contribution in [0, 0.1) is 0 Å². The largest absolute Gasteiger partial charge is 0.445 e. The van der Waals surface area contributed by atoms with Gasteiger partial charge in [-0.15, -0.1) is 0 Å². The number of amides is 1. The highest BCUT2D eigenvalue weighted by Gasteiger charge is 2.21. The summed E-state index contributed by atoms with van der Waals surface area (Å²) in [4.78, 5) is 13.4. The third-order valence-corrected chi connectivity index (χ3v) is 2.82. The lowest BCUT2D eigenvalue weighted by Gasteiger charge is -2.19. The van der Waals surface area contributed by atoms with Gasteiger partial charge < -0.3 is 4.74 Å². The van der Waals surface area contributed by atoms with Crippen LogP contribution in [0.5, 0.6) is 0 Å². The fraction of sp³-hybridized carbons (Fsp3) is 0.308. The number of anilines is 1. The molecule has 0 spiro atoms.